The molecule has 4 nitrogen and oxygen atoms in total. The van der Waals surface area contributed by atoms with Gasteiger partial charge < -0.3 is 14.8 Å². The molecule has 0 saturated carbocycles. The minimum Gasteiger partial charge on any atom is -0.354 e. The molecular formula is C12H20N2O2. The summed E-state index contributed by atoms with van der Waals surface area (Å²) in [4.78, 5) is 3.98. The summed E-state index contributed by atoms with van der Waals surface area (Å²) >= 11 is 0. The molecule has 0 bridgehead atoms. The highest BCUT2D eigenvalue weighted by Crippen LogP contribution is 2.00. The van der Waals surface area contributed by atoms with Crippen molar-refractivity contribution in [3.63, 3.8) is 0 Å². The molecule has 1 unspecified atom stereocenters. The van der Waals surface area contributed by atoms with Gasteiger partial charge in [0, 0.05) is 26.6 Å². The number of aromatic nitrogens is 1. The van der Waals surface area contributed by atoms with Crippen molar-refractivity contribution < 1.29 is 9.47 Å². The van der Waals surface area contributed by atoms with Crippen LogP contribution in [0.15, 0.2) is 24.5 Å². The Morgan fingerprint density at radius 2 is 1.88 bits per heavy atom. The van der Waals surface area contributed by atoms with E-state index in [-0.39, 0.29) is 12.3 Å². The number of hydrogen-bond donors (Lipinski definition) is 1. The molecule has 0 aliphatic carbocycles. The molecule has 1 rings (SSSR count). The van der Waals surface area contributed by atoms with Crippen LogP contribution >= 0.6 is 0 Å². The lowest BCUT2D eigenvalue weighted by atomic mass is 10.2. The van der Waals surface area contributed by atoms with Crippen molar-refractivity contribution in [1.82, 2.24) is 10.3 Å². The Morgan fingerprint density at radius 3 is 2.44 bits per heavy atom. The molecule has 1 aromatic heterocycles. The van der Waals surface area contributed by atoms with Gasteiger partial charge in [0.25, 0.3) is 0 Å². The van der Waals surface area contributed by atoms with Crippen molar-refractivity contribution >= 4 is 0 Å². The van der Waals surface area contributed by atoms with Gasteiger partial charge in [0.05, 0.1) is 6.04 Å². The van der Waals surface area contributed by atoms with E-state index in [1.807, 2.05) is 31.5 Å². The predicted molar refractivity (Wildman–Crippen MR) is 63.2 cm³/mol. The zero-order chi connectivity index (χ0) is 11.8. The van der Waals surface area contributed by atoms with Crippen LogP contribution in [0.5, 0.6) is 0 Å². The number of rotatable bonds is 7. The molecule has 0 aliphatic rings. The van der Waals surface area contributed by atoms with Gasteiger partial charge in [0.15, 0.2) is 6.29 Å². The van der Waals surface area contributed by atoms with Gasteiger partial charge in [-0.1, -0.05) is 0 Å². The van der Waals surface area contributed by atoms with Crippen molar-refractivity contribution in [2.75, 3.05) is 20.8 Å². The zero-order valence-corrected chi connectivity index (χ0v) is 10.1. The molecule has 0 spiro atoms. The fourth-order valence-electron chi connectivity index (χ4n) is 1.59. The molecular weight excluding hydrogens is 204 g/mol. The van der Waals surface area contributed by atoms with Crippen LogP contribution in [0, 0.1) is 0 Å². The molecule has 4 heteroatoms. The lowest BCUT2D eigenvalue weighted by Crippen LogP contribution is -2.40. The lowest BCUT2D eigenvalue weighted by Gasteiger charge is -2.22. The quantitative estimate of drug-likeness (QED) is 0.707. The van der Waals surface area contributed by atoms with Crippen LogP contribution in [0.2, 0.25) is 0 Å². The van der Waals surface area contributed by atoms with Gasteiger partial charge in [-0.15, -0.1) is 0 Å². The van der Waals surface area contributed by atoms with Crippen molar-refractivity contribution in [2.24, 2.45) is 0 Å². The summed E-state index contributed by atoms with van der Waals surface area (Å²) < 4.78 is 10.3. The number of pyridine rings is 1. The van der Waals surface area contributed by atoms with E-state index in [2.05, 4.69) is 10.3 Å². The Kier molecular flexibility index (Phi) is 6.00. The number of methoxy groups -OCH3 is 2. The van der Waals surface area contributed by atoms with Crippen LogP contribution in [0.4, 0.5) is 0 Å². The Morgan fingerprint density at radius 1 is 1.25 bits per heavy atom. The third-order valence-corrected chi connectivity index (χ3v) is 2.50. The first kappa shape index (κ1) is 13.1. The van der Waals surface area contributed by atoms with E-state index in [1.54, 1.807) is 14.2 Å². The maximum absolute atomic E-state index is 5.17. The largest absolute Gasteiger partial charge is 0.354 e. The Balaban J connectivity index is 2.25. The highest BCUT2D eigenvalue weighted by molar-refractivity contribution is 5.09. The summed E-state index contributed by atoms with van der Waals surface area (Å²) in [7, 11) is 3.30. The van der Waals surface area contributed by atoms with Crippen molar-refractivity contribution in [3.8, 4) is 0 Å². The van der Waals surface area contributed by atoms with Gasteiger partial charge in [-0.3, -0.25) is 4.98 Å². The summed E-state index contributed by atoms with van der Waals surface area (Å²) in [6.45, 7) is 2.94. The molecule has 0 aromatic carbocycles. The van der Waals surface area contributed by atoms with Gasteiger partial charge in [-0.25, -0.2) is 0 Å². The zero-order valence-electron chi connectivity index (χ0n) is 10.1. The second-order valence-electron chi connectivity index (χ2n) is 3.69. The molecule has 0 saturated heterocycles. The Hall–Kier alpha value is -0.970. The molecule has 1 aromatic rings. The standard InChI is InChI=1S/C12H20N2O2/c1-10(12(15-2)16-3)14-9-6-11-4-7-13-8-5-11/h4-5,7-8,10,12,14H,6,9H2,1-3H3. The molecule has 0 aliphatic heterocycles. The number of nitrogens with zero attached hydrogens (tertiary/aromatic N) is 1. The first-order valence-corrected chi connectivity index (χ1v) is 5.45. The number of hydrogen-bond acceptors (Lipinski definition) is 4. The van der Waals surface area contributed by atoms with Crippen LogP contribution in [-0.2, 0) is 15.9 Å². The van der Waals surface area contributed by atoms with E-state index in [4.69, 9.17) is 9.47 Å². The highest BCUT2D eigenvalue weighted by atomic mass is 16.7. The van der Waals surface area contributed by atoms with E-state index < -0.39 is 0 Å². The third kappa shape index (κ3) is 4.26. The molecule has 0 fully saturated rings. The minimum absolute atomic E-state index is 0.178. The SMILES string of the molecule is COC(OC)C(C)NCCc1ccncc1. The first-order chi connectivity index (χ1) is 7.77. The fourth-order valence-corrected chi connectivity index (χ4v) is 1.59. The van der Waals surface area contributed by atoms with Crippen molar-refractivity contribution in [1.29, 1.82) is 0 Å². The van der Waals surface area contributed by atoms with E-state index in [1.165, 1.54) is 5.56 Å². The molecule has 90 valence electrons. The third-order valence-electron chi connectivity index (χ3n) is 2.50. The summed E-state index contributed by atoms with van der Waals surface area (Å²) in [5.41, 5.74) is 1.28. The molecule has 16 heavy (non-hydrogen) atoms. The van der Waals surface area contributed by atoms with Crippen LogP contribution in [0.1, 0.15) is 12.5 Å². The molecule has 0 radical (unpaired) electrons. The molecule has 0 amide bonds. The molecule has 1 N–H and O–H groups in total. The predicted octanol–water partition coefficient (Wildman–Crippen LogP) is 1.22. The summed E-state index contributed by atoms with van der Waals surface area (Å²) in [6, 6.07) is 4.23. The van der Waals surface area contributed by atoms with E-state index >= 15 is 0 Å². The second-order valence-corrected chi connectivity index (χ2v) is 3.69. The summed E-state index contributed by atoms with van der Waals surface area (Å²) in [5.74, 6) is 0. The number of nitrogens with one attached hydrogen (secondary N) is 1. The van der Waals surface area contributed by atoms with Gasteiger partial charge in [-0.05, 0) is 37.6 Å². The van der Waals surface area contributed by atoms with E-state index in [9.17, 15) is 0 Å². The summed E-state index contributed by atoms with van der Waals surface area (Å²) in [6.07, 6.45) is 4.41. The van der Waals surface area contributed by atoms with Crippen LogP contribution in [0.25, 0.3) is 0 Å². The topological polar surface area (TPSA) is 43.4 Å². The van der Waals surface area contributed by atoms with Crippen LogP contribution < -0.4 is 5.32 Å². The Labute approximate surface area is 97.0 Å². The van der Waals surface area contributed by atoms with Crippen molar-refractivity contribution in [3.05, 3.63) is 30.1 Å². The first-order valence-electron chi connectivity index (χ1n) is 5.45. The van der Waals surface area contributed by atoms with Crippen molar-refractivity contribution in [2.45, 2.75) is 25.7 Å². The van der Waals surface area contributed by atoms with Gasteiger partial charge in [0.2, 0.25) is 0 Å². The monoisotopic (exact) mass is 224 g/mol. The highest BCUT2D eigenvalue weighted by Gasteiger charge is 2.14. The molecule has 1 atom stereocenters. The van der Waals surface area contributed by atoms with Crippen LogP contribution in [-0.4, -0.2) is 38.1 Å². The van der Waals surface area contributed by atoms with E-state index in [0.717, 1.165) is 13.0 Å². The Bertz CT molecular complexity index is 276. The average molecular weight is 224 g/mol. The van der Waals surface area contributed by atoms with Crippen LogP contribution in [0.3, 0.4) is 0 Å². The van der Waals surface area contributed by atoms with Gasteiger partial charge in [0.1, 0.15) is 0 Å². The van der Waals surface area contributed by atoms with Gasteiger partial charge >= 0.3 is 0 Å². The lowest BCUT2D eigenvalue weighted by molar-refractivity contribution is -0.119. The normalized spacial score (nSPS) is 13.0. The minimum atomic E-state index is -0.197. The summed E-state index contributed by atoms with van der Waals surface area (Å²) in [5, 5.41) is 3.36. The fraction of sp³-hybridized carbons (Fsp3) is 0.583. The maximum atomic E-state index is 5.17. The van der Waals surface area contributed by atoms with Gasteiger partial charge in [-0.2, -0.15) is 0 Å². The molecule has 1 heterocycles. The maximum Gasteiger partial charge on any atom is 0.171 e. The van der Waals surface area contributed by atoms with E-state index in [0.29, 0.717) is 0 Å². The average Bonchev–Trinajstić information content (AvgIpc) is 2.32. The number of ether oxygens (including phenoxy) is 2. The second kappa shape index (κ2) is 7.33. The smallest absolute Gasteiger partial charge is 0.171 e.